The highest BCUT2D eigenvalue weighted by Crippen LogP contribution is 2.22. The minimum absolute atomic E-state index is 0.256. The molecule has 1 rings (SSSR count). The Morgan fingerprint density at radius 3 is 2.75 bits per heavy atom. The molecule has 0 saturated heterocycles. The first-order valence-corrected chi connectivity index (χ1v) is 7.36. The van der Waals surface area contributed by atoms with Crippen LogP contribution in [0.5, 0.6) is 0 Å². The number of methoxy groups -OCH3 is 1. The second kappa shape index (κ2) is 8.10. The van der Waals surface area contributed by atoms with Gasteiger partial charge in [-0.25, -0.2) is 4.79 Å². The van der Waals surface area contributed by atoms with Gasteiger partial charge in [-0.15, -0.1) is 0 Å². The Morgan fingerprint density at radius 1 is 1.35 bits per heavy atom. The van der Waals surface area contributed by atoms with Gasteiger partial charge in [-0.3, -0.25) is 0 Å². The van der Waals surface area contributed by atoms with Gasteiger partial charge in [0.1, 0.15) is 5.76 Å². The summed E-state index contributed by atoms with van der Waals surface area (Å²) < 4.78 is 10.0. The minimum Gasteiger partial charge on any atom is -0.463 e. The third kappa shape index (κ3) is 5.78. The van der Waals surface area contributed by atoms with Gasteiger partial charge in [0.05, 0.1) is 13.7 Å². The van der Waals surface area contributed by atoms with Crippen molar-refractivity contribution >= 4 is 5.97 Å². The average molecular weight is 281 g/mol. The van der Waals surface area contributed by atoms with Gasteiger partial charge >= 0.3 is 5.97 Å². The molecule has 20 heavy (non-hydrogen) atoms. The van der Waals surface area contributed by atoms with Crippen molar-refractivity contribution in [1.82, 2.24) is 5.32 Å². The van der Waals surface area contributed by atoms with E-state index in [0.717, 1.165) is 12.3 Å². The lowest BCUT2D eigenvalue weighted by molar-refractivity contribution is 0.0562. The molecule has 0 radical (unpaired) electrons. The fraction of sp³-hybridized carbons (Fsp3) is 0.688. The molecule has 0 bridgehead atoms. The molecular formula is C16H27NO3. The van der Waals surface area contributed by atoms with E-state index < -0.39 is 5.97 Å². The number of unbranched alkanes of at least 4 members (excludes halogenated alkanes) is 2. The molecule has 4 heteroatoms. The normalized spacial score (nSPS) is 11.6. The van der Waals surface area contributed by atoms with Crippen LogP contribution in [0.25, 0.3) is 0 Å². The number of furan rings is 1. The molecule has 0 aromatic carbocycles. The van der Waals surface area contributed by atoms with Crippen molar-refractivity contribution in [3.05, 3.63) is 23.7 Å². The van der Waals surface area contributed by atoms with Crippen molar-refractivity contribution in [2.24, 2.45) is 5.41 Å². The summed E-state index contributed by atoms with van der Waals surface area (Å²) >= 11 is 0. The van der Waals surface area contributed by atoms with Crippen molar-refractivity contribution in [2.75, 3.05) is 13.7 Å². The second-order valence-electron chi connectivity index (χ2n) is 5.98. The zero-order valence-electron chi connectivity index (χ0n) is 13.1. The minimum atomic E-state index is -0.434. The molecule has 0 spiro atoms. The molecule has 1 N–H and O–H groups in total. The van der Waals surface area contributed by atoms with Crippen LogP contribution in [0.4, 0.5) is 0 Å². The number of hydrogen-bond acceptors (Lipinski definition) is 4. The van der Waals surface area contributed by atoms with Crippen LogP contribution in [-0.2, 0) is 11.3 Å². The summed E-state index contributed by atoms with van der Waals surface area (Å²) in [5.74, 6) is 0.581. The van der Waals surface area contributed by atoms with Crippen LogP contribution < -0.4 is 5.32 Å². The zero-order valence-corrected chi connectivity index (χ0v) is 13.1. The fourth-order valence-corrected chi connectivity index (χ4v) is 2.15. The Kier molecular flexibility index (Phi) is 6.79. The molecule has 0 amide bonds. The topological polar surface area (TPSA) is 51.5 Å². The van der Waals surface area contributed by atoms with Crippen LogP contribution in [0.3, 0.4) is 0 Å². The van der Waals surface area contributed by atoms with Gasteiger partial charge in [-0.05, 0) is 24.0 Å². The number of ether oxygens (including phenoxy) is 1. The molecule has 0 unspecified atom stereocenters. The van der Waals surface area contributed by atoms with Crippen LogP contribution >= 0.6 is 0 Å². The Morgan fingerprint density at radius 2 is 2.10 bits per heavy atom. The molecule has 0 aliphatic carbocycles. The highest BCUT2D eigenvalue weighted by Gasteiger charge is 2.17. The van der Waals surface area contributed by atoms with Gasteiger partial charge < -0.3 is 14.5 Å². The van der Waals surface area contributed by atoms with E-state index in [1.165, 1.54) is 32.8 Å². The fourth-order valence-electron chi connectivity index (χ4n) is 2.15. The van der Waals surface area contributed by atoms with Crippen LogP contribution in [0.15, 0.2) is 16.5 Å². The smallest absolute Gasteiger partial charge is 0.373 e. The maximum Gasteiger partial charge on any atom is 0.373 e. The third-order valence-electron chi connectivity index (χ3n) is 3.41. The van der Waals surface area contributed by atoms with Crippen LogP contribution in [0.2, 0.25) is 0 Å². The SMILES string of the molecule is CCCCCC(C)(C)CNCc1ccc(C(=O)OC)o1. The molecular weight excluding hydrogens is 254 g/mol. The molecule has 1 aromatic heterocycles. The summed E-state index contributed by atoms with van der Waals surface area (Å²) in [6.45, 7) is 8.34. The Balaban J connectivity index is 2.32. The monoisotopic (exact) mass is 281 g/mol. The van der Waals surface area contributed by atoms with Crippen molar-refractivity contribution in [1.29, 1.82) is 0 Å². The predicted molar refractivity (Wildman–Crippen MR) is 79.7 cm³/mol. The first-order chi connectivity index (χ1) is 9.48. The van der Waals surface area contributed by atoms with Crippen molar-refractivity contribution < 1.29 is 13.9 Å². The first-order valence-electron chi connectivity index (χ1n) is 7.36. The number of hydrogen-bond donors (Lipinski definition) is 1. The molecule has 0 aliphatic heterocycles. The quantitative estimate of drug-likeness (QED) is 0.553. The van der Waals surface area contributed by atoms with Crippen molar-refractivity contribution in [3.8, 4) is 0 Å². The summed E-state index contributed by atoms with van der Waals surface area (Å²) in [6.07, 6.45) is 5.05. The van der Waals surface area contributed by atoms with E-state index in [9.17, 15) is 4.79 Å². The summed E-state index contributed by atoms with van der Waals surface area (Å²) in [5.41, 5.74) is 0.285. The molecule has 0 fully saturated rings. The highest BCUT2D eigenvalue weighted by atomic mass is 16.5. The van der Waals surface area contributed by atoms with E-state index in [1.807, 2.05) is 6.07 Å². The first kappa shape index (κ1) is 16.8. The molecule has 114 valence electrons. The predicted octanol–water partition coefficient (Wildman–Crippen LogP) is 3.76. The van der Waals surface area contributed by atoms with Crippen LogP contribution in [0.1, 0.15) is 62.8 Å². The van der Waals surface area contributed by atoms with E-state index >= 15 is 0 Å². The van der Waals surface area contributed by atoms with Crippen LogP contribution in [0, 0.1) is 5.41 Å². The van der Waals surface area contributed by atoms with Gasteiger partial charge in [-0.2, -0.15) is 0 Å². The number of carbonyl (C=O) groups excluding carboxylic acids is 1. The van der Waals surface area contributed by atoms with Gasteiger partial charge in [0.15, 0.2) is 0 Å². The molecule has 1 heterocycles. The number of esters is 1. The van der Waals surface area contributed by atoms with Crippen molar-refractivity contribution in [2.45, 2.75) is 53.0 Å². The lowest BCUT2D eigenvalue weighted by Crippen LogP contribution is -2.28. The second-order valence-corrected chi connectivity index (χ2v) is 5.98. The van der Waals surface area contributed by atoms with E-state index in [4.69, 9.17) is 4.42 Å². The average Bonchev–Trinajstić information content (AvgIpc) is 2.86. The standard InChI is InChI=1S/C16H27NO3/c1-5-6-7-10-16(2,3)12-17-11-13-8-9-14(20-13)15(18)19-4/h8-9,17H,5-7,10-12H2,1-4H3. The maximum absolute atomic E-state index is 11.3. The Bertz CT molecular complexity index is 410. The number of rotatable bonds is 9. The largest absolute Gasteiger partial charge is 0.463 e. The van der Waals surface area contributed by atoms with E-state index in [-0.39, 0.29) is 11.2 Å². The summed E-state index contributed by atoms with van der Waals surface area (Å²) in [6, 6.07) is 3.46. The Hall–Kier alpha value is -1.29. The molecule has 0 saturated carbocycles. The van der Waals surface area contributed by atoms with E-state index in [0.29, 0.717) is 6.54 Å². The number of nitrogens with one attached hydrogen (secondary N) is 1. The van der Waals surface area contributed by atoms with E-state index in [2.05, 4.69) is 30.8 Å². The summed E-state index contributed by atoms with van der Waals surface area (Å²) in [5, 5.41) is 3.39. The molecule has 4 nitrogen and oxygen atoms in total. The lowest BCUT2D eigenvalue weighted by Gasteiger charge is -2.24. The van der Waals surface area contributed by atoms with Gasteiger partial charge in [0, 0.05) is 6.54 Å². The molecule has 1 aromatic rings. The van der Waals surface area contributed by atoms with E-state index in [1.54, 1.807) is 6.07 Å². The number of carbonyl (C=O) groups is 1. The lowest BCUT2D eigenvalue weighted by atomic mass is 9.87. The maximum atomic E-state index is 11.3. The molecule has 0 atom stereocenters. The zero-order chi connectivity index (χ0) is 15.0. The summed E-state index contributed by atoms with van der Waals surface area (Å²) in [7, 11) is 1.35. The summed E-state index contributed by atoms with van der Waals surface area (Å²) in [4.78, 5) is 11.3. The van der Waals surface area contributed by atoms with Crippen LogP contribution in [-0.4, -0.2) is 19.6 Å². The van der Waals surface area contributed by atoms with Gasteiger partial charge in [0.25, 0.3) is 0 Å². The van der Waals surface area contributed by atoms with Gasteiger partial charge in [0.2, 0.25) is 5.76 Å². The third-order valence-corrected chi connectivity index (χ3v) is 3.41. The Labute approximate surface area is 121 Å². The van der Waals surface area contributed by atoms with Gasteiger partial charge in [-0.1, -0.05) is 40.0 Å². The molecule has 0 aliphatic rings. The highest BCUT2D eigenvalue weighted by molar-refractivity contribution is 5.86. The van der Waals surface area contributed by atoms with Crippen molar-refractivity contribution in [3.63, 3.8) is 0 Å².